The standard InChI is InChI=1S/C22H31N7O/c1-15(2)12-17-13-23-26-29(17)14-20-22(25-27-28(20)4)19-10-11-21(16(3)24-19)30-18-8-6-5-7-9-18/h10-11,13,15,18H,5-9,12,14H2,1-4H3. The van der Waals surface area contributed by atoms with Gasteiger partial charge in [-0.15, -0.1) is 10.2 Å². The quantitative estimate of drug-likeness (QED) is 0.591. The maximum absolute atomic E-state index is 6.22. The molecule has 0 atom stereocenters. The molecule has 0 aliphatic heterocycles. The van der Waals surface area contributed by atoms with Gasteiger partial charge in [-0.3, -0.25) is 0 Å². The molecule has 0 N–H and O–H groups in total. The Morgan fingerprint density at radius 2 is 1.93 bits per heavy atom. The van der Waals surface area contributed by atoms with Crippen molar-refractivity contribution in [1.82, 2.24) is 35.0 Å². The maximum atomic E-state index is 6.22. The summed E-state index contributed by atoms with van der Waals surface area (Å²) >= 11 is 0. The van der Waals surface area contributed by atoms with Crippen molar-refractivity contribution in [3.63, 3.8) is 0 Å². The predicted octanol–water partition coefficient (Wildman–Crippen LogP) is 3.74. The van der Waals surface area contributed by atoms with E-state index in [-0.39, 0.29) is 0 Å². The lowest BCUT2D eigenvalue weighted by Crippen LogP contribution is -2.20. The highest BCUT2D eigenvalue weighted by atomic mass is 16.5. The second kappa shape index (κ2) is 8.93. The van der Waals surface area contributed by atoms with Crippen molar-refractivity contribution in [3.05, 3.63) is 35.4 Å². The molecule has 8 heteroatoms. The molecule has 30 heavy (non-hydrogen) atoms. The van der Waals surface area contributed by atoms with E-state index in [1.54, 1.807) is 4.68 Å². The largest absolute Gasteiger partial charge is 0.489 e. The van der Waals surface area contributed by atoms with Crippen LogP contribution in [0.4, 0.5) is 0 Å². The van der Waals surface area contributed by atoms with E-state index in [1.807, 2.05) is 37.0 Å². The summed E-state index contributed by atoms with van der Waals surface area (Å²) in [4.78, 5) is 4.80. The van der Waals surface area contributed by atoms with Crippen LogP contribution in [0.2, 0.25) is 0 Å². The van der Waals surface area contributed by atoms with Gasteiger partial charge in [0.25, 0.3) is 0 Å². The van der Waals surface area contributed by atoms with Gasteiger partial charge in [-0.25, -0.2) is 14.3 Å². The van der Waals surface area contributed by atoms with Crippen LogP contribution < -0.4 is 4.74 Å². The van der Waals surface area contributed by atoms with Gasteiger partial charge in [0.2, 0.25) is 0 Å². The Morgan fingerprint density at radius 3 is 2.67 bits per heavy atom. The molecule has 4 rings (SSSR count). The van der Waals surface area contributed by atoms with Crippen molar-refractivity contribution >= 4 is 0 Å². The van der Waals surface area contributed by atoms with Gasteiger partial charge in [0.05, 0.1) is 41.6 Å². The first-order valence-electron chi connectivity index (χ1n) is 10.9. The highest BCUT2D eigenvalue weighted by Gasteiger charge is 2.20. The molecule has 8 nitrogen and oxygen atoms in total. The zero-order valence-electron chi connectivity index (χ0n) is 18.4. The molecule has 1 aliphatic rings. The summed E-state index contributed by atoms with van der Waals surface area (Å²) in [6, 6.07) is 4.00. The molecular weight excluding hydrogens is 378 g/mol. The van der Waals surface area contributed by atoms with E-state index in [9.17, 15) is 0 Å². The Hall–Kier alpha value is -2.77. The molecule has 0 spiro atoms. The van der Waals surface area contributed by atoms with E-state index in [0.717, 1.165) is 53.5 Å². The van der Waals surface area contributed by atoms with Crippen LogP contribution in [0.25, 0.3) is 11.4 Å². The molecule has 1 saturated carbocycles. The van der Waals surface area contributed by atoms with Gasteiger partial charge in [0.1, 0.15) is 11.4 Å². The summed E-state index contributed by atoms with van der Waals surface area (Å²) in [5.41, 5.74) is 4.53. The van der Waals surface area contributed by atoms with Crippen LogP contribution in [0.15, 0.2) is 18.3 Å². The van der Waals surface area contributed by atoms with Crippen LogP contribution >= 0.6 is 0 Å². The first kappa shape index (κ1) is 20.5. The lowest BCUT2D eigenvalue weighted by molar-refractivity contribution is 0.153. The Balaban J connectivity index is 1.56. The minimum atomic E-state index is 0.309. The zero-order chi connectivity index (χ0) is 21.1. The molecule has 1 aliphatic carbocycles. The molecule has 0 aromatic carbocycles. The number of rotatable bonds is 7. The predicted molar refractivity (Wildman–Crippen MR) is 114 cm³/mol. The zero-order valence-corrected chi connectivity index (χ0v) is 18.4. The van der Waals surface area contributed by atoms with Gasteiger partial charge in [-0.1, -0.05) is 30.7 Å². The first-order valence-corrected chi connectivity index (χ1v) is 10.9. The van der Waals surface area contributed by atoms with Crippen LogP contribution in [-0.2, 0) is 20.0 Å². The summed E-state index contributed by atoms with van der Waals surface area (Å²) in [6.45, 7) is 6.94. The molecular formula is C22H31N7O. The lowest BCUT2D eigenvalue weighted by atomic mass is 9.98. The second-order valence-electron chi connectivity index (χ2n) is 8.65. The highest BCUT2D eigenvalue weighted by Crippen LogP contribution is 2.28. The summed E-state index contributed by atoms with van der Waals surface area (Å²) in [5.74, 6) is 1.40. The van der Waals surface area contributed by atoms with Gasteiger partial charge < -0.3 is 4.74 Å². The maximum Gasteiger partial charge on any atom is 0.140 e. The Labute approximate surface area is 177 Å². The van der Waals surface area contributed by atoms with E-state index < -0.39 is 0 Å². The summed E-state index contributed by atoms with van der Waals surface area (Å²) in [5, 5.41) is 17.0. The number of pyridine rings is 1. The molecule has 3 aromatic rings. The van der Waals surface area contributed by atoms with Gasteiger partial charge in [0, 0.05) is 7.05 Å². The van der Waals surface area contributed by atoms with Crippen molar-refractivity contribution in [3.8, 4) is 17.1 Å². The van der Waals surface area contributed by atoms with Crippen LogP contribution in [0.1, 0.15) is 63.0 Å². The van der Waals surface area contributed by atoms with Gasteiger partial charge in [-0.05, 0) is 57.1 Å². The van der Waals surface area contributed by atoms with Crippen molar-refractivity contribution in [2.75, 3.05) is 0 Å². The number of ether oxygens (including phenoxy) is 1. The van der Waals surface area contributed by atoms with Gasteiger partial charge in [0.15, 0.2) is 0 Å². The van der Waals surface area contributed by atoms with E-state index in [0.29, 0.717) is 18.6 Å². The van der Waals surface area contributed by atoms with Crippen LogP contribution in [0, 0.1) is 12.8 Å². The number of aryl methyl sites for hydroxylation is 2. The SMILES string of the molecule is Cc1nc(-c2nnn(C)c2Cn2nncc2CC(C)C)ccc1OC1CCCCC1. The first-order chi connectivity index (χ1) is 14.5. The van der Waals surface area contributed by atoms with Crippen molar-refractivity contribution < 1.29 is 4.74 Å². The molecule has 3 heterocycles. The summed E-state index contributed by atoms with van der Waals surface area (Å²) < 4.78 is 9.94. The highest BCUT2D eigenvalue weighted by molar-refractivity contribution is 5.58. The topological polar surface area (TPSA) is 83.5 Å². The third-order valence-corrected chi connectivity index (χ3v) is 5.68. The van der Waals surface area contributed by atoms with Crippen LogP contribution in [0.5, 0.6) is 5.75 Å². The fourth-order valence-corrected chi connectivity index (χ4v) is 4.05. The summed E-state index contributed by atoms with van der Waals surface area (Å²) in [7, 11) is 1.90. The average Bonchev–Trinajstić information content (AvgIpc) is 3.31. The Kier molecular flexibility index (Phi) is 6.11. The van der Waals surface area contributed by atoms with Crippen molar-refractivity contribution in [1.29, 1.82) is 0 Å². The molecule has 0 amide bonds. The van der Waals surface area contributed by atoms with E-state index in [1.165, 1.54) is 19.3 Å². The van der Waals surface area contributed by atoms with E-state index >= 15 is 0 Å². The third kappa shape index (κ3) is 4.52. The smallest absolute Gasteiger partial charge is 0.140 e. The monoisotopic (exact) mass is 409 g/mol. The number of aromatic nitrogens is 7. The molecule has 0 radical (unpaired) electrons. The van der Waals surface area contributed by atoms with Crippen LogP contribution in [0.3, 0.4) is 0 Å². The van der Waals surface area contributed by atoms with E-state index in [4.69, 9.17) is 9.72 Å². The molecule has 1 fully saturated rings. The normalized spacial score (nSPS) is 15.1. The molecule has 160 valence electrons. The number of hydrogen-bond acceptors (Lipinski definition) is 6. The number of hydrogen-bond donors (Lipinski definition) is 0. The van der Waals surface area contributed by atoms with Crippen molar-refractivity contribution in [2.45, 2.75) is 71.9 Å². The third-order valence-electron chi connectivity index (χ3n) is 5.68. The van der Waals surface area contributed by atoms with Crippen LogP contribution in [-0.4, -0.2) is 41.1 Å². The lowest BCUT2D eigenvalue weighted by Gasteiger charge is -2.23. The molecule has 0 bridgehead atoms. The molecule has 3 aromatic heterocycles. The Bertz CT molecular complexity index is 985. The second-order valence-corrected chi connectivity index (χ2v) is 8.65. The van der Waals surface area contributed by atoms with Crippen molar-refractivity contribution in [2.24, 2.45) is 13.0 Å². The fourth-order valence-electron chi connectivity index (χ4n) is 4.05. The minimum Gasteiger partial charge on any atom is -0.489 e. The Morgan fingerprint density at radius 1 is 1.13 bits per heavy atom. The average molecular weight is 410 g/mol. The summed E-state index contributed by atoms with van der Waals surface area (Å²) in [6.07, 6.45) is 9.15. The fraction of sp³-hybridized carbons (Fsp3) is 0.591. The minimum absolute atomic E-state index is 0.309. The van der Waals surface area contributed by atoms with Gasteiger partial charge >= 0.3 is 0 Å². The molecule has 0 saturated heterocycles. The van der Waals surface area contributed by atoms with Gasteiger partial charge in [-0.2, -0.15) is 0 Å². The molecule has 0 unspecified atom stereocenters. The number of nitrogens with zero attached hydrogens (tertiary/aromatic N) is 7. The van der Waals surface area contributed by atoms with E-state index in [2.05, 4.69) is 34.5 Å².